The summed E-state index contributed by atoms with van der Waals surface area (Å²) in [5.74, 6) is 0.856. The van der Waals surface area contributed by atoms with Gasteiger partial charge >= 0.3 is 0 Å². The minimum atomic E-state index is 0.697. The van der Waals surface area contributed by atoms with Gasteiger partial charge in [-0.3, -0.25) is 0 Å². The van der Waals surface area contributed by atoms with E-state index < -0.39 is 0 Å². The van der Waals surface area contributed by atoms with Crippen LogP contribution in [0.5, 0.6) is 0 Å². The Kier molecular flexibility index (Phi) is 4.65. The molecular formula is C12H17BrClN3. The number of likely N-dealkylation sites (tertiary alicyclic amines) is 1. The Morgan fingerprint density at radius 1 is 1.47 bits per heavy atom. The number of aromatic nitrogens is 1. The van der Waals surface area contributed by atoms with Gasteiger partial charge in [0.05, 0.1) is 5.02 Å². The summed E-state index contributed by atoms with van der Waals surface area (Å²) < 4.78 is 0.916. The number of halogens is 2. The molecule has 0 saturated carbocycles. The molecule has 0 amide bonds. The normalized spacial score (nSPS) is 16.4. The molecule has 0 N–H and O–H groups in total. The highest BCUT2D eigenvalue weighted by Crippen LogP contribution is 2.25. The van der Waals surface area contributed by atoms with Gasteiger partial charge in [0.1, 0.15) is 5.82 Å². The summed E-state index contributed by atoms with van der Waals surface area (Å²) >= 11 is 9.54. The van der Waals surface area contributed by atoms with Crippen molar-refractivity contribution in [2.24, 2.45) is 0 Å². The Hall–Kier alpha value is -0.320. The molecule has 0 unspecified atom stereocenters. The van der Waals surface area contributed by atoms with Crippen LogP contribution in [-0.4, -0.2) is 43.1 Å². The van der Waals surface area contributed by atoms with Gasteiger partial charge in [-0.1, -0.05) is 11.6 Å². The Morgan fingerprint density at radius 2 is 2.18 bits per heavy atom. The van der Waals surface area contributed by atoms with Crippen LogP contribution in [0.1, 0.15) is 12.8 Å². The average Bonchev–Trinajstić information content (AvgIpc) is 2.78. The van der Waals surface area contributed by atoms with Crippen molar-refractivity contribution in [3.63, 3.8) is 0 Å². The van der Waals surface area contributed by atoms with Gasteiger partial charge in [-0.05, 0) is 47.9 Å². The molecule has 94 valence electrons. The molecule has 0 bridgehead atoms. The summed E-state index contributed by atoms with van der Waals surface area (Å²) in [7, 11) is 2.04. The maximum Gasteiger partial charge on any atom is 0.147 e. The third kappa shape index (κ3) is 3.57. The maximum absolute atomic E-state index is 6.17. The zero-order valence-corrected chi connectivity index (χ0v) is 12.3. The molecule has 0 atom stereocenters. The molecule has 1 saturated heterocycles. The summed E-state index contributed by atoms with van der Waals surface area (Å²) in [5.41, 5.74) is 0. The molecule has 2 rings (SSSR count). The van der Waals surface area contributed by atoms with Crippen molar-refractivity contribution >= 4 is 33.3 Å². The molecule has 1 aromatic rings. The number of nitrogens with zero attached hydrogens (tertiary/aromatic N) is 3. The molecule has 0 aromatic carbocycles. The summed E-state index contributed by atoms with van der Waals surface area (Å²) in [5, 5.41) is 0.697. The summed E-state index contributed by atoms with van der Waals surface area (Å²) in [4.78, 5) is 8.96. The minimum Gasteiger partial charge on any atom is -0.357 e. The summed E-state index contributed by atoms with van der Waals surface area (Å²) in [6.07, 6.45) is 4.45. The van der Waals surface area contributed by atoms with Crippen LogP contribution < -0.4 is 4.90 Å². The van der Waals surface area contributed by atoms with E-state index >= 15 is 0 Å². The maximum atomic E-state index is 6.17. The fourth-order valence-corrected chi connectivity index (χ4v) is 2.87. The smallest absolute Gasteiger partial charge is 0.147 e. The zero-order valence-electron chi connectivity index (χ0n) is 9.99. The van der Waals surface area contributed by atoms with Crippen LogP contribution >= 0.6 is 27.5 Å². The molecule has 17 heavy (non-hydrogen) atoms. The third-order valence-electron chi connectivity index (χ3n) is 3.10. The van der Waals surface area contributed by atoms with E-state index in [0.717, 1.165) is 23.4 Å². The molecule has 0 spiro atoms. The lowest BCUT2D eigenvalue weighted by atomic mass is 10.4. The molecule has 1 fully saturated rings. The average molecular weight is 319 g/mol. The van der Waals surface area contributed by atoms with Crippen LogP contribution in [0.25, 0.3) is 0 Å². The van der Waals surface area contributed by atoms with E-state index in [4.69, 9.17) is 11.6 Å². The number of pyridine rings is 1. The highest BCUT2D eigenvalue weighted by molar-refractivity contribution is 9.10. The van der Waals surface area contributed by atoms with Crippen molar-refractivity contribution in [2.45, 2.75) is 12.8 Å². The quantitative estimate of drug-likeness (QED) is 0.850. The van der Waals surface area contributed by atoms with Crippen LogP contribution in [0.3, 0.4) is 0 Å². The molecule has 1 aromatic heterocycles. The number of rotatable bonds is 4. The van der Waals surface area contributed by atoms with Crippen LogP contribution in [0.15, 0.2) is 16.7 Å². The van der Waals surface area contributed by atoms with Crippen LogP contribution in [0.4, 0.5) is 5.82 Å². The second kappa shape index (κ2) is 6.03. The molecule has 1 aliphatic heterocycles. The highest BCUT2D eigenvalue weighted by Gasteiger charge is 2.13. The largest absolute Gasteiger partial charge is 0.357 e. The van der Waals surface area contributed by atoms with E-state index in [-0.39, 0.29) is 0 Å². The second-order valence-electron chi connectivity index (χ2n) is 4.43. The van der Waals surface area contributed by atoms with E-state index in [9.17, 15) is 0 Å². The van der Waals surface area contributed by atoms with E-state index in [0.29, 0.717) is 5.02 Å². The van der Waals surface area contributed by atoms with Crippen LogP contribution in [-0.2, 0) is 0 Å². The van der Waals surface area contributed by atoms with E-state index in [1.54, 1.807) is 6.20 Å². The molecule has 1 aliphatic rings. The number of anilines is 1. The fourth-order valence-electron chi connectivity index (χ4n) is 2.09. The third-order valence-corrected chi connectivity index (χ3v) is 3.81. The second-order valence-corrected chi connectivity index (χ2v) is 5.75. The first-order valence-corrected chi connectivity index (χ1v) is 7.08. The van der Waals surface area contributed by atoms with Gasteiger partial charge in [0, 0.05) is 30.8 Å². The van der Waals surface area contributed by atoms with E-state index in [1.165, 1.54) is 25.9 Å². The zero-order chi connectivity index (χ0) is 12.3. The fraction of sp³-hybridized carbons (Fsp3) is 0.583. The van der Waals surface area contributed by atoms with Gasteiger partial charge in [-0.2, -0.15) is 0 Å². The first kappa shape index (κ1) is 13.1. The monoisotopic (exact) mass is 317 g/mol. The van der Waals surface area contributed by atoms with Gasteiger partial charge in [0.25, 0.3) is 0 Å². The molecule has 2 heterocycles. The van der Waals surface area contributed by atoms with Crippen molar-refractivity contribution in [1.29, 1.82) is 0 Å². The van der Waals surface area contributed by atoms with Crippen LogP contribution in [0.2, 0.25) is 5.02 Å². The SMILES string of the molecule is CN(CCN1CCCC1)c1ncc(Br)cc1Cl. The lowest BCUT2D eigenvalue weighted by Gasteiger charge is -2.23. The predicted molar refractivity (Wildman–Crippen MR) is 75.9 cm³/mol. The van der Waals surface area contributed by atoms with Gasteiger partial charge in [-0.15, -0.1) is 0 Å². The van der Waals surface area contributed by atoms with Crippen LogP contribution in [0, 0.1) is 0 Å². The van der Waals surface area contributed by atoms with E-state index in [2.05, 4.69) is 30.7 Å². The molecule has 5 heteroatoms. The number of hydrogen-bond donors (Lipinski definition) is 0. The number of hydrogen-bond acceptors (Lipinski definition) is 3. The van der Waals surface area contributed by atoms with Crippen molar-refractivity contribution in [2.75, 3.05) is 38.1 Å². The lowest BCUT2D eigenvalue weighted by molar-refractivity contribution is 0.346. The van der Waals surface area contributed by atoms with Gasteiger partial charge in [0.2, 0.25) is 0 Å². The number of likely N-dealkylation sites (N-methyl/N-ethyl adjacent to an activating group) is 1. The Morgan fingerprint density at radius 3 is 2.82 bits per heavy atom. The highest BCUT2D eigenvalue weighted by atomic mass is 79.9. The van der Waals surface area contributed by atoms with Gasteiger partial charge in [0.15, 0.2) is 0 Å². The first-order chi connectivity index (χ1) is 8.16. The standard InChI is InChI=1S/C12H17BrClN3/c1-16(6-7-17-4-2-3-5-17)12-11(14)8-10(13)9-15-12/h8-9H,2-7H2,1H3. The Labute approximate surface area is 116 Å². The molecule has 3 nitrogen and oxygen atoms in total. The Bertz CT molecular complexity index is 380. The lowest BCUT2D eigenvalue weighted by Crippen LogP contribution is -2.31. The van der Waals surface area contributed by atoms with Crippen molar-refractivity contribution < 1.29 is 0 Å². The molecular weight excluding hydrogens is 302 g/mol. The topological polar surface area (TPSA) is 19.4 Å². The molecule has 0 radical (unpaired) electrons. The van der Waals surface area contributed by atoms with Gasteiger partial charge < -0.3 is 9.80 Å². The predicted octanol–water partition coefficient (Wildman–Crippen LogP) is 3.03. The van der Waals surface area contributed by atoms with Crippen molar-refractivity contribution in [1.82, 2.24) is 9.88 Å². The van der Waals surface area contributed by atoms with E-state index in [1.807, 2.05) is 13.1 Å². The minimum absolute atomic E-state index is 0.697. The first-order valence-electron chi connectivity index (χ1n) is 5.91. The van der Waals surface area contributed by atoms with Crippen molar-refractivity contribution in [3.05, 3.63) is 21.8 Å². The molecule has 0 aliphatic carbocycles. The Balaban J connectivity index is 1.91. The van der Waals surface area contributed by atoms with Crippen molar-refractivity contribution in [3.8, 4) is 0 Å². The van der Waals surface area contributed by atoms with Gasteiger partial charge in [-0.25, -0.2) is 4.98 Å². The summed E-state index contributed by atoms with van der Waals surface area (Å²) in [6, 6.07) is 1.89. The summed E-state index contributed by atoms with van der Waals surface area (Å²) in [6.45, 7) is 4.52.